The van der Waals surface area contributed by atoms with Gasteiger partial charge in [-0.2, -0.15) is 0 Å². The van der Waals surface area contributed by atoms with Crippen molar-refractivity contribution in [3.8, 4) is 0 Å². The summed E-state index contributed by atoms with van der Waals surface area (Å²) in [4.78, 5) is 10.4. The van der Waals surface area contributed by atoms with Gasteiger partial charge in [0.25, 0.3) is 0 Å². The van der Waals surface area contributed by atoms with Crippen LogP contribution in [0.15, 0.2) is 18.2 Å². The monoisotopic (exact) mass is 253 g/mol. The van der Waals surface area contributed by atoms with Gasteiger partial charge in [-0.1, -0.05) is 23.7 Å². The van der Waals surface area contributed by atoms with E-state index in [4.69, 9.17) is 22.4 Å². The molecule has 0 spiro atoms. The van der Waals surface area contributed by atoms with Crippen LogP contribution >= 0.6 is 24.0 Å². The number of carboxylic acids is 1. The minimum atomic E-state index is -1.16. The van der Waals surface area contributed by atoms with Crippen LogP contribution in [0, 0.1) is 5.82 Å². The molecule has 0 aromatic heterocycles. The number of benzene rings is 1. The maximum Gasteiger partial charge on any atom is 0.320 e. The summed E-state index contributed by atoms with van der Waals surface area (Å²) in [5, 5.41) is 8.50. The molecule has 0 unspecified atom stereocenters. The van der Waals surface area contributed by atoms with E-state index in [1.807, 2.05) is 0 Å². The Kier molecular flexibility index (Phi) is 5.57. The molecule has 84 valence electrons. The number of carboxylic acid groups (broad SMARTS) is 1. The zero-order valence-corrected chi connectivity index (χ0v) is 9.19. The third-order valence-corrected chi connectivity index (χ3v) is 2.08. The van der Waals surface area contributed by atoms with Crippen LogP contribution in [0.1, 0.15) is 5.56 Å². The highest BCUT2D eigenvalue weighted by molar-refractivity contribution is 6.30. The van der Waals surface area contributed by atoms with E-state index in [-0.39, 0.29) is 29.4 Å². The summed E-state index contributed by atoms with van der Waals surface area (Å²) < 4.78 is 13.2. The van der Waals surface area contributed by atoms with Crippen LogP contribution in [0.25, 0.3) is 0 Å². The molecule has 0 aliphatic rings. The first-order valence-corrected chi connectivity index (χ1v) is 4.31. The van der Waals surface area contributed by atoms with Crippen molar-refractivity contribution in [1.82, 2.24) is 0 Å². The molecule has 1 rings (SSSR count). The van der Waals surface area contributed by atoms with Crippen molar-refractivity contribution in [3.05, 3.63) is 34.6 Å². The van der Waals surface area contributed by atoms with E-state index in [0.717, 1.165) is 0 Å². The minimum absolute atomic E-state index is 0. The number of rotatable bonds is 3. The third kappa shape index (κ3) is 3.66. The Bertz CT molecular complexity index is 360. The van der Waals surface area contributed by atoms with Gasteiger partial charge >= 0.3 is 5.97 Å². The maximum absolute atomic E-state index is 13.2. The molecule has 3 nitrogen and oxygen atoms in total. The molecule has 0 radical (unpaired) electrons. The molecular weight excluding hydrogens is 244 g/mol. The lowest BCUT2D eigenvalue weighted by Crippen LogP contribution is -2.32. The van der Waals surface area contributed by atoms with Gasteiger partial charge in [0.2, 0.25) is 0 Å². The Morgan fingerprint density at radius 3 is 2.73 bits per heavy atom. The minimum Gasteiger partial charge on any atom is -0.480 e. The highest BCUT2D eigenvalue weighted by Gasteiger charge is 2.15. The number of nitrogens with two attached hydrogens (primary N) is 1. The standard InChI is InChI=1S/C9H9ClFNO2.ClH/c10-6-3-1-2-5(8(6)11)4-7(12)9(13)14;/h1-3,7H,4,12H2,(H,13,14);1H/t7-;/m0./s1. The lowest BCUT2D eigenvalue weighted by molar-refractivity contribution is -0.138. The summed E-state index contributed by atoms with van der Waals surface area (Å²) in [6.45, 7) is 0. The van der Waals surface area contributed by atoms with Gasteiger partial charge in [0.05, 0.1) is 5.02 Å². The molecule has 1 aromatic carbocycles. The SMILES string of the molecule is Cl.N[C@@H](Cc1cccc(Cl)c1F)C(=O)O. The molecule has 3 N–H and O–H groups in total. The zero-order chi connectivity index (χ0) is 10.7. The Labute approximate surface area is 97.4 Å². The second kappa shape index (κ2) is 5.90. The molecule has 0 saturated carbocycles. The van der Waals surface area contributed by atoms with Crippen LogP contribution in [-0.4, -0.2) is 17.1 Å². The normalized spacial score (nSPS) is 11.7. The number of carbonyl (C=O) groups is 1. The lowest BCUT2D eigenvalue weighted by Gasteiger charge is -2.07. The molecular formula is C9H10Cl2FNO2. The Hall–Kier alpha value is -0.840. The Morgan fingerprint density at radius 2 is 2.20 bits per heavy atom. The number of hydrogen-bond acceptors (Lipinski definition) is 2. The van der Waals surface area contributed by atoms with E-state index < -0.39 is 17.8 Å². The summed E-state index contributed by atoms with van der Waals surface area (Å²) in [5.41, 5.74) is 5.47. The summed E-state index contributed by atoms with van der Waals surface area (Å²) >= 11 is 5.51. The smallest absolute Gasteiger partial charge is 0.320 e. The van der Waals surface area contributed by atoms with Gasteiger partial charge in [0.15, 0.2) is 0 Å². The van der Waals surface area contributed by atoms with Crippen LogP contribution in [0.4, 0.5) is 4.39 Å². The second-order valence-corrected chi connectivity index (χ2v) is 3.27. The van der Waals surface area contributed by atoms with Crippen LogP contribution in [0.5, 0.6) is 0 Å². The van der Waals surface area contributed by atoms with Crippen molar-refractivity contribution < 1.29 is 14.3 Å². The highest BCUT2D eigenvalue weighted by Crippen LogP contribution is 2.18. The van der Waals surface area contributed by atoms with Crippen molar-refractivity contribution in [2.45, 2.75) is 12.5 Å². The molecule has 0 heterocycles. The number of halogens is 3. The molecule has 15 heavy (non-hydrogen) atoms. The van der Waals surface area contributed by atoms with Gasteiger partial charge < -0.3 is 10.8 Å². The molecule has 0 fully saturated rings. The topological polar surface area (TPSA) is 63.3 Å². The average Bonchev–Trinajstić information content (AvgIpc) is 2.12. The van der Waals surface area contributed by atoms with E-state index in [1.165, 1.54) is 12.1 Å². The molecule has 1 atom stereocenters. The zero-order valence-electron chi connectivity index (χ0n) is 7.61. The molecule has 0 bridgehead atoms. The summed E-state index contributed by atoms with van der Waals surface area (Å²) in [6.07, 6.45) is -0.0677. The van der Waals surface area contributed by atoms with Gasteiger partial charge in [-0.05, 0) is 11.6 Å². The largest absolute Gasteiger partial charge is 0.480 e. The van der Waals surface area contributed by atoms with Gasteiger partial charge in [-0.3, -0.25) is 4.79 Å². The number of hydrogen-bond donors (Lipinski definition) is 2. The van der Waals surface area contributed by atoms with E-state index in [9.17, 15) is 9.18 Å². The van der Waals surface area contributed by atoms with Crippen molar-refractivity contribution in [2.24, 2.45) is 5.73 Å². The average molecular weight is 254 g/mol. The predicted molar refractivity (Wildman–Crippen MR) is 58.0 cm³/mol. The van der Waals surface area contributed by atoms with Crippen LogP contribution < -0.4 is 5.73 Å². The van der Waals surface area contributed by atoms with Crippen LogP contribution in [0.3, 0.4) is 0 Å². The highest BCUT2D eigenvalue weighted by atomic mass is 35.5. The molecule has 6 heteroatoms. The van der Waals surface area contributed by atoms with Gasteiger partial charge in [0.1, 0.15) is 11.9 Å². The Morgan fingerprint density at radius 1 is 1.60 bits per heavy atom. The molecule has 0 aliphatic heterocycles. The third-order valence-electron chi connectivity index (χ3n) is 1.79. The first-order chi connectivity index (χ1) is 6.52. The van der Waals surface area contributed by atoms with Gasteiger partial charge in [-0.25, -0.2) is 4.39 Å². The quantitative estimate of drug-likeness (QED) is 0.865. The van der Waals surface area contributed by atoms with Crippen molar-refractivity contribution in [2.75, 3.05) is 0 Å². The fourth-order valence-electron chi connectivity index (χ4n) is 1.03. The van der Waals surface area contributed by atoms with Crippen LogP contribution in [-0.2, 0) is 11.2 Å². The van der Waals surface area contributed by atoms with Crippen LogP contribution in [0.2, 0.25) is 5.02 Å². The fraction of sp³-hybridized carbons (Fsp3) is 0.222. The maximum atomic E-state index is 13.2. The lowest BCUT2D eigenvalue weighted by atomic mass is 10.1. The van der Waals surface area contributed by atoms with Gasteiger partial charge in [-0.15, -0.1) is 12.4 Å². The first kappa shape index (κ1) is 14.2. The number of aliphatic carboxylic acids is 1. The summed E-state index contributed by atoms with van der Waals surface area (Å²) in [6, 6.07) is 3.30. The molecule has 1 aromatic rings. The van der Waals surface area contributed by atoms with E-state index in [2.05, 4.69) is 0 Å². The summed E-state index contributed by atoms with van der Waals surface area (Å²) in [5.74, 6) is -1.77. The summed E-state index contributed by atoms with van der Waals surface area (Å²) in [7, 11) is 0. The van der Waals surface area contributed by atoms with E-state index in [1.54, 1.807) is 6.07 Å². The molecule has 0 saturated heterocycles. The van der Waals surface area contributed by atoms with E-state index >= 15 is 0 Å². The second-order valence-electron chi connectivity index (χ2n) is 2.86. The van der Waals surface area contributed by atoms with Gasteiger partial charge in [0, 0.05) is 6.42 Å². The van der Waals surface area contributed by atoms with E-state index in [0.29, 0.717) is 0 Å². The first-order valence-electron chi connectivity index (χ1n) is 3.93. The van der Waals surface area contributed by atoms with Crippen molar-refractivity contribution in [3.63, 3.8) is 0 Å². The van der Waals surface area contributed by atoms with Crippen molar-refractivity contribution >= 4 is 30.0 Å². The molecule has 0 aliphatic carbocycles. The predicted octanol–water partition coefficient (Wildman–Crippen LogP) is 1.86. The van der Waals surface area contributed by atoms with Crippen molar-refractivity contribution in [1.29, 1.82) is 0 Å². The fourth-order valence-corrected chi connectivity index (χ4v) is 1.22. The Balaban J connectivity index is 0.00000196. The molecule has 0 amide bonds.